The van der Waals surface area contributed by atoms with E-state index in [0.29, 0.717) is 12.0 Å². The van der Waals surface area contributed by atoms with Crippen LogP contribution in [0.2, 0.25) is 0 Å². The smallest absolute Gasteiger partial charge is 0.327 e. The number of nitrogens with two attached hydrogens (primary N) is 1. The van der Waals surface area contributed by atoms with Crippen molar-refractivity contribution in [2.24, 2.45) is 5.73 Å². The van der Waals surface area contributed by atoms with Gasteiger partial charge in [0.2, 0.25) is 5.91 Å². The molecule has 0 aliphatic carbocycles. The van der Waals surface area contributed by atoms with Crippen LogP contribution in [0.15, 0.2) is 24.0 Å². The van der Waals surface area contributed by atoms with E-state index in [-0.39, 0.29) is 6.61 Å². The van der Waals surface area contributed by atoms with Crippen molar-refractivity contribution in [3.05, 3.63) is 24.0 Å². The van der Waals surface area contributed by atoms with Gasteiger partial charge in [0.15, 0.2) is 6.23 Å². The molecule has 1 fully saturated rings. The van der Waals surface area contributed by atoms with Crippen molar-refractivity contribution < 1.29 is 34.1 Å². The summed E-state index contributed by atoms with van der Waals surface area (Å²) < 4.78 is 10.0. The van der Waals surface area contributed by atoms with Gasteiger partial charge in [0.1, 0.15) is 18.3 Å². The number of primary amides is 1. The Labute approximate surface area is 121 Å². The lowest BCUT2D eigenvalue weighted by Crippen LogP contribution is -2.40. The zero-order valence-electron chi connectivity index (χ0n) is 10.9. The van der Waals surface area contributed by atoms with Gasteiger partial charge in [-0.2, -0.15) is 0 Å². The third-order valence-corrected chi connectivity index (χ3v) is 3.60. The van der Waals surface area contributed by atoms with E-state index in [1.807, 2.05) is 0 Å². The number of carbonyl (C=O) groups excluding carboxylic acids is 1. The van der Waals surface area contributed by atoms with E-state index in [1.54, 1.807) is 12.3 Å². The van der Waals surface area contributed by atoms with Gasteiger partial charge in [-0.1, -0.05) is 6.08 Å². The highest BCUT2D eigenvalue weighted by molar-refractivity contribution is 7.39. The van der Waals surface area contributed by atoms with E-state index in [4.69, 9.17) is 20.3 Å². The zero-order chi connectivity index (χ0) is 15.6. The summed E-state index contributed by atoms with van der Waals surface area (Å²) in [5.74, 6) is -0.580. The number of carbonyl (C=O) groups is 1. The highest BCUT2D eigenvalue weighted by atomic mass is 31.2. The van der Waals surface area contributed by atoms with Crippen molar-refractivity contribution in [2.75, 3.05) is 6.61 Å². The van der Waals surface area contributed by atoms with Crippen LogP contribution in [-0.2, 0) is 14.1 Å². The van der Waals surface area contributed by atoms with E-state index in [9.17, 15) is 15.0 Å². The van der Waals surface area contributed by atoms with Gasteiger partial charge in [-0.3, -0.25) is 4.79 Å². The van der Waals surface area contributed by atoms with Gasteiger partial charge in [0.25, 0.3) is 0 Å². The highest BCUT2D eigenvalue weighted by Crippen LogP contribution is 2.31. The Hall–Kier alpha value is -1.06. The standard InChI is InChI=1S/C11H17N2O7P/c12-10(16)6-2-1-3-13(4-6)11-9(15)8(14)7(20-11)5-19-21(17)18/h1,3-4,7-9,11,14-15,17-18H,2,5H2,(H2,12,16)/t7?,8-,9-,11?/m0/s1. The minimum atomic E-state index is -2.57. The maximum atomic E-state index is 11.2. The summed E-state index contributed by atoms with van der Waals surface area (Å²) in [5.41, 5.74) is 5.55. The van der Waals surface area contributed by atoms with Gasteiger partial charge < -0.3 is 39.9 Å². The minimum absolute atomic E-state index is 0.280. The minimum Gasteiger partial charge on any atom is -0.387 e. The van der Waals surface area contributed by atoms with Gasteiger partial charge in [-0.25, -0.2) is 0 Å². The van der Waals surface area contributed by atoms with Crippen LogP contribution in [-0.4, -0.2) is 62.0 Å². The topological polar surface area (TPSA) is 146 Å². The summed E-state index contributed by atoms with van der Waals surface area (Å²) in [6.07, 6.45) is 0.730. The number of hydrogen-bond donors (Lipinski definition) is 5. The molecule has 0 bridgehead atoms. The Balaban J connectivity index is 2.05. The predicted octanol–water partition coefficient (Wildman–Crippen LogP) is -1.75. The molecule has 2 rings (SSSR count). The summed E-state index contributed by atoms with van der Waals surface area (Å²) in [7, 11) is -2.57. The van der Waals surface area contributed by atoms with Gasteiger partial charge >= 0.3 is 8.60 Å². The molecule has 2 aliphatic rings. The molecule has 1 amide bonds. The Kier molecular flexibility index (Phi) is 5.28. The third-order valence-electron chi connectivity index (χ3n) is 3.22. The first-order valence-electron chi connectivity index (χ1n) is 6.17. The predicted molar refractivity (Wildman–Crippen MR) is 70.9 cm³/mol. The van der Waals surface area contributed by atoms with Crippen LogP contribution in [0.4, 0.5) is 0 Å². The van der Waals surface area contributed by atoms with E-state index in [0.717, 1.165) is 0 Å². The number of ether oxygens (including phenoxy) is 1. The summed E-state index contributed by atoms with van der Waals surface area (Å²) in [5, 5.41) is 19.9. The largest absolute Gasteiger partial charge is 0.387 e. The molecule has 118 valence electrons. The van der Waals surface area contributed by atoms with E-state index in [1.165, 1.54) is 11.1 Å². The molecule has 0 aromatic heterocycles. The summed E-state index contributed by atoms with van der Waals surface area (Å²) >= 11 is 0. The number of aliphatic hydroxyl groups excluding tert-OH is 2. The summed E-state index contributed by atoms with van der Waals surface area (Å²) in [6.45, 7) is -0.280. The monoisotopic (exact) mass is 320 g/mol. The van der Waals surface area contributed by atoms with Crippen molar-refractivity contribution in [3.8, 4) is 0 Å². The molecule has 1 saturated heterocycles. The molecule has 4 atom stereocenters. The second-order valence-corrected chi connectivity index (χ2v) is 5.41. The van der Waals surface area contributed by atoms with E-state index in [2.05, 4.69) is 4.52 Å². The third kappa shape index (κ3) is 3.78. The maximum absolute atomic E-state index is 11.2. The Morgan fingerprint density at radius 2 is 2.19 bits per heavy atom. The lowest BCUT2D eigenvalue weighted by Gasteiger charge is -2.28. The molecule has 2 aliphatic heterocycles. The molecule has 9 nitrogen and oxygen atoms in total. The zero-order valence-corrected chi connectivity index (χ0v) is 11.8. The van der Waals surface area contributed by atoms with Crippen molar-refractivity contribution in [3.63, 3.8) is 0 Å². The van der Waals surface area contributed by atoms with Crippen LogP contribution in [0.1, 0.15) is 6.42 Å². The van der Waals surface area contributed by atoms with Crippen molar-refractivity contribution >= 4 is 14.5 Å². The lowest BCUT2D eigenvalue weighted by atomic mass is 10.1. The number of rotatable bonds is 5. The van der Waals surface area contributed by atoms with Crippen LogP contribution < -0.4 is 5.73 Å². The Morgan fingerprint density at radius 1 is 1.48 bits per heavy atom. The van der Waals surface area contributed by atoms with Crippen LogP contribution >= 0.6 is 8.60 Å². The summed E-state index contributed by atoms with van der Waals surface area (Å²) in [6, 6.07) is 0. The molecule has 21 heavy (non-hydrogen) atoms. The molecular weight excluding hydrogens is 303 g/mol. The molecule has 0 radical (unpaired) electrons. The molecule has 0 aromatic rings. The quantitative estimate of drug-likeness (QED) is 0.375. The molecule has 0 saturated carbocycles. The number of nitrogens with zero attached hydrogens (tertiary/aromatic N) is 1. The average molecular weight is 320 g/mol. The number of hydrogen-bond acceptors (Lipinski definition) is 8. The van der Waals surface area contributed by atoms with Crippen LogP contribution in [0, 0.1) is 0 Å². The highest BCUT2D eigenvalue weighted by Gasteiger charge is 2.45. The molecule has 10 heteroatoms. The molecule has 2 unspecified atom stereocenters. The number of aliphatic hydroxyl groups is 2. The average Bonchev–Trinajstić information content (AvgIpc) is 2.73. The molecule has 0 aromatic carbocycles. The van der Waals surface area contributed by atoms with Crippen molar-refractivity contribution in [2.45, 2.75) is 31.0 Å². The van der Waals surface area contributed by atoms with Gasteiger partial charge in [0.05, 0.1) is 6.61 Å². The fourth-order valence-electron chi connectivity index (χ4n) is 2.15. The van der Waals surface area contributed by atoms with E-state index < -0.39 is 39.0 Å². The van der Waals surface area contributed by atoms with Gasteiger partial charge in [-0.05, 0) is 6.42 Å². The molecule has 2 heterocycles. The molecular formula is C11H17N2O7P. The second-order valence-electron chi connectivity index (χ2n) is 4.65. The summed E-state index contributed by atoms with van der Waals surface area (Å²) in [4.78, 5) is 30.0. The van der Waals surface area contributed by atoms with Crippen molar-refractivity contribution in [1.29, 1.82) is 0 Å². The number of allylic oxidation sites excluding steroid dienone is 1. The Morgan fingerprint density at radius 3 is 2.81 bits per heavy atom. The lowest BCUT2D eigenvalue weighted by molar-refractivity contribution is -0.114. The maximum Gasteiger partial charge on any atom is 0.327 e. The van der Waals surface area contributed by atoms with Crippen molar-refractivity contribution in [1.82, 2.24) is 4.90 Å². The first-order valence-corrected chi connectivity index (χ1v) is 7.33. The van der Waals surface area contributed by atoms with E-state index >= 15 is 0 Å². The van der Waals surface area contributed by atoms with Crippen LogP contribution in [0.3, 0.4) is 0 Å². The normalized spacial score (nSPS) is 32.6. The molecule has 0 spiro atoms. The van der Waals surface area contributed by atoms with Crippen LogP contribution in [0.5, 0.6) is 0 Å². The SMILES string of the molecule is NC(=O)C1=CN(C2OC(COP(O)O)[C@H](O)[C@@H]2O)C=CC1. The fraction of sp³-hybridized carbons (Fsp3) is 0.545. The van der Waals surface area contributed by atoms with Gasteiger partial charge in [-0.15, -0.1) is 0 Å². The molecule has 6 N–H and O–H groups in total. The fourth-order valence-corrected chi connectivity index (χ4v) is 2.43. The Bertz CT molecular complexity index is 456. The second kappa shape index (κ2) is 6.80. The first-order chi connectivity index (χ1) is 9.90. The first kappa shape index (κ1) is 16.3. The van der Waals surface area contributed by atoms with Gasteiger partial charge in [0, 0.05) is 18.0 Å². The number of amides is 1. The van der Waals surface area contributed by atoms with Crippen LogP contribution in [0.25, 0.3) is 0 Å².